The Labute approximate surface area is 62.0 Å². The Morgan fingerprint density at radius 3 is 2.91 bits per heavy atom. The summed E-state index contributed by atoms with van der Waals surface area (Å²) in [4.78, 5) is 13.0. The summed E-state index contributed by atoms with van der Waals surface area (Å²) in [7, 11) is 0. The van der Waals surface area contributed by atoms with Crippen LogP contribution < -0.4 is 0 Å². The minimum atomic E-state index is -2.49. The van der Waals surface area contributed by atoms with Gasteiger partial charge in [0, 0.05) is 0 Å². The summed E-state index contributed by atoms with van der Waals surface area (Å²) >= 11 is 0. The summed E-state index contributed by atoms with van der Waals surface area (Å²) in [5.41, 5.74) is 0. The molecule has 5 heteroatoms. The Kier molecular flexibility index (Phi) is 1.53. The van der Waals surface area contributed by atoms with Gasteiger partial charge < -0.3 is 9.47 Å². The van der Waals surface area contributed by atoms with Crippen LogP contribution in [-0.4, -0.2) is 18.2 Å². The van der Waals surface area contributed by atoms with Crippen LogP contribution in [0.2, 0.25) is 0 Å². The van der Waals surface area contributed by atoms with Gasteiger partial charge in [-0.2, -0.15) is 4.39 Å². The highest BCUT2D eigenvalue weighted by atomic mass is 19.2. The van der Waals surface area contributed by atoms with Crippen molar-refractivity contribution >= 4 is 6.16 Å². The number of ether oxygens (including phenoxy) is 2. The molecule has 11 heavy (non-hydrogen) atoms. The van der Waals surface area contributed by atoms with Gasteiger partial charge in [0.25, 0.3) is 0 Å². The number of hydrogen-bond donors (Lipinski definition) is 0. The summed E-state index contributed by atoms with van der Waals surface area (Å²) in [6.45, 7) is 9.50. The van der Waals surface area contributed by atoms with Crippen molar-refractivity contribution in [2.24, 2.45) is 0 Å². The molecule has 1 aliphatic heterocycles. The molecule has 0 N–H and O–H groups in total. The van der Waals surface area contributed by atoms with Crippen LogP contribution in [0, 0.1) is 6.57 Å². The Morgan fingerprint density at radius 1 is 1.91 bits per heavy atom. The SMILES string of the molecule is [C-]#[N+]C1OC(=O)OC1(F)C=C. The molecule has 1 heterocycles. The lowest BCUT2D eigenvalue weighted by molar-refractivity contribution is -0.0334. The van der Waals surface area contributed by atoms with E-state index in [1.807, 2.05) is 0 Å². The lowest BCUT2D eigenvalue weighted by Gasteiger charge is -2.07. The highest BCUT2D eigenvalue weighted by Crippen LogP contribution is 2.30. The maximum atomic E-state index is 13.1. The maximum Gasteiger partial charge on any atom is 0.517 e. The smallest absolute Gasteiger partial charge is 0.381 e. The molecule has 1 fully saturated rings. The van der Waals surface area contributed by atoms with Crippen molar-refractivity contribution in [2.75, 3.05) is 0 Å². The van der Waals surface area contributed by atoms with E-state index in [-0.39, 0.29) is 0 Å². The summed E-state index contributed by atoms with van der Waals surface area (Å²) < 4.78 is 21.3. The van der Waals surface area contributed by atoms with E-state index in [0.717, 1.165) is 6.08 Å². The van der Waals surface area contributed by atoms with Crippen LogP contribution in [0.15, 0.2) is 12.7 Å². The van der Waals surface area contributed by atoms with E-state index in [9.17, 15) is 9.18 Å². The quantitative estimate of drug-likeness (QED) is 0.326. The van der Waals surface area contributed by atoms with Gasteiger partial charge in [-0.1, -0.05) is 6.58 Å². The zero-order valence-corrected chi connectivity index (χ0v) is 5.41. The third-order valence-electron chi connectivity index (χ3n) is 1.18. The minimum absolute atomic E-state index is 0.723. The highest BCUT2D eigenvalue weighted by Gasteiger charge is 2.56. The van der Waals surface area contributed by atoms with E-state index in [1.165, 1.54) is 0 Å². The average molecular weight is 157 g/mol. The van der Waals surface area contributed by atoms with E-state index in [2.05, 4.69) is 20.9 Å². The fourth-order valence-electron chi connectivity index (χ4n) is 0.631. The van der Waals surface area contributed by atoms with Crippen molar-refractivity contribution in [3.8, 4) is 0 Å². The first kappa shape index (κ1) is 7.54. The van der Waals surface area contributed by atoms with Crippen molar-refractivity contribution in [2.45, 2.75) is 12.1 Å². The molecule has 1 rings (SSSR count). The standard InChI is InChI=1S/C6H4FNO3/c1-3-6(7)4(8-2)10-5(9)11-6/h3-4H,1H2. The van der Waals surface area contributed by atoms with Gasteiger partial charge in [-0.25, -0.2) is 11.4 Å². The molecular weight excluding hydrogens is 153 g/mol. The van der Waals surface area contributed by atoms with Crippen LogP contribution in [0.3, 0.4) is 0 Å². The van der Waals surface area contributed by atoms with Crippen LogP contribution >= 0.6 is 0 Å². The van der Waals surface area contributed by atoms with Gasteiger partial charge in [0.15, 0.2) is 0 Å². The summed E-state index contributed by atoms with van der Waals surface area (Å²) in [5.74, 6) is -2.49. The third kappa shape index (κ3) is 1.03. The van der Waals surface area contributed by atoms with Crippen molar-refractivity contribution in [1.82, 2.24) is 0 Å². The Bertz CT molecular complexity index is 247. The minimum Gasteiger partial charge on any atom is -0.381 e. The molecule has 0 spiro atoms. The fraction of sp³-hybridized carbons (Fsp3) is 0.333. The molecule has 58 valence electrons. The molecule has 2 atom stereocenters. The van der Waals surface area contributed by atoms with Gasteiger partial charge in [0.2, 0.25) is 0 Å². The second-order valence-corrected chi connectivity index (χ2v) is 1.85. The van der Waals surface area contributed by atoms with Gasteiger partial charge in [-0.15, -0.1) is 0 Å². The van der Waals surface area contributed by atoms with Gasteiger partial charge >= 0.3 is 18.2 Å². The third-order valence-corrected chi connectivity index (χ3v) is 1.18. The summed E-state index contributed by atoms with van der Waals surface area (Å²) in [6, 6.07) is 0. The largest absolute Gasteiger partial charge is 0.517 e. The predicted octanol–water partition coefficient (Wildman–Crippen LogP) is 1.25. The summed E-state index contributed by atoms with van der Waals surface area (Å²) in [5, 5.41) is 0. The van der Waals surface area contributed by atoms with E-state index < -0.39 is 18.2 Å². The molecule has 0 aliphatic carbocycles. The highest BCUT2D eigenvalue weighted by molar-refractivity contribution is 5.64. The molecule has 0 bridgehead atoms. The second-order valence-electron chi connectivity index (χ2n) is 1.85. The number of carbonyl (C=O) groups is 1. The van der Waals surface area contributed by atoms with Crippen molar-refractivity contribution in [3.05, 3.63) is 24.1 Å². The van der Waals surface area contributed by atoms with Crippen LogP contribution in [0.1, 0.15) is 0 Å². The first-order valence-electron chi connectivity index (χ1n) is 2.71. The van der Waals surface area contributed by atoms with E-state index >= 15 is 0 Å². The topological polar surface area (TPSA) is 39.9 Å². The lowest BCUT2D eigenvalue weighted by atomic mass is 10.3. The zero-order valence-electron chi connectivity index (χ0n) is 5.41. The van der Waals surface area contributed by atoms with E-state index in [1.54, 1.807) is 0 Å². The second kappa shape index (κ2) is 2.23. The van der Waals surface area contributed by atoms with Crippen LogP contribution in [0.5, 0.6) is 0 Å². The van der Waals surface area contributed by atoms with Crippen molar-refractivity contribution in [3.63, 3.8) is 0 Å². The van der Waals surface area contributed by atoms with Gasteiger partial charge in [-0.3, -0.25) is 4.85 Å². The van der Waals surface area contributed by atoms with Crippen molar-refractivity contribution in [1.29, 1.82) is 0 Å². The van der Waals surface area contributed by atoms with Crippen LogP contribution in [-0.2, 0) is 9.47 Å². The summed E-state index contributed by atoms with van der Waals surface area (Å²) in [6.07, 6.45) is -2.03. The predicted molar refractivity (Wildman–Crippen MR) is 32.0 cm³/mol. The fourth-order valence-corrected chi connectivity index (χ4v) is 0.631. The molecule has 4 nitrogen and oxygen atoms in total. The van der Waals surface area contributed by atoms with Gasteiger partial charge in [0.1, 0.15) is 0 Å². The Balaban J connectivity index is 2.90. The molecule has 0 radical (unpaired) electrons. The monoisotopic (exact) mass is 157 g/mol. The molecule has 0 aromatic carbocycles. The lowest BCUT2D eigenvalue weighted by Crippen LogP contribution is -2.29. The number of carbonyl (C=O) groups excluding carboxylic acids is 1. The molecule has 0 amide bonds. The molecule has 0 saturated carbocycles. The average Bonchev–Trinajstić information content (AvgIpc) is 2.27. The first-order chi connectivity index (χ1) is 5.12. The Morgan fingerprint density at radius 2 is 2.55 bits per heavy atom. The molecule has 1 saturated heterocycles. The molecule has 0 aromatic rings. The van der Waals surface area contributed by atoms with Gasteiger partial charge in [0.05, 0.1) is 0 Å². The zero-order chi connectivity index (χ0) is 8.48. The van der Waals surface area contributed by atoms with Crippen LogP contribution in [0.25, 0.3) is 4.85 Å². The maximum absolute atomic E-state index is 13.1. The number of halogens is 1. The normalized spacial score (nSPS) is 35.3. The molecule has 1 aliphatic rings. The van der Waals surface area contributed by atoms with Crippen LogP contribution in [0.4, 0.5) is 9.18 Å². The Hall–Kier alpha value is -1.57. The number of nitrogens with zero attached hydrogens (tertiary/aromatic N) is 1. The number of rotatable bonds is 1. The van der Waals surface area contributed by atoms with E-state index in [0.29, 0.717) is 0 Å². The van der Waals surface area contributed by atoms with E-state index in [4.69, 9.17) is 6.57 Å². The molecule has 2 unspecified atom stereocenters. The van der Waals surface area contributed by atoms with Gasteiger partial charge in [-0.05, 0) is 6.08 Å². The van der Waals surface area contributed by atoms with Crippen molar-refractivity contribution < 1.29 is 18.7 Å². The number of alkyl halides is 1. The molecule has 0 aromatic heterocycles. The first-order valence-corrected chi connectivity index (χ1v) is 2.71. The number of cyclic esters (lactones) is 2. The number of hydrogen-bond acceptors (Lipinski definition) is 3. The molecular formula is C6H4FNO3.